The van der Waals surface area contributed by atoms with Crippen LogP contribution in [0.25, 0.3) is 0 Å². The summed E-state index contributed by atoms with van der Waals surface area (Å²) in [7, 11) is -1.72. The van der Waals surface area contributed by atoms with Gasteiger partial charge < -0.3 is 10.6 Å². The summed E-state index contributed by atoms with van der Waals surface area (Å²) in [6, 6.07) is 9.72. The highest BCUT2D eigenvalue weighted by molar-refractivity contribution is 7.89. The van der Waals surface area contributed by atoms with Gasteiger partial charge >= 0.3 is 0 Å². The molecule has 2 rings (SSSR count). The third-order valence-electron chi connectivity index (χ3n) is 2.86. The summed E-state index contributed by atoms with van der Waals surface area (Å²) in [6.07, 6.45) is 1.19. The lowest BCUT2D eigenvalue weighted by Crippen LogP contribution is -2.33. The van der Waals surface area contributed by atoms with Crippen molar-refractivity contribution in [2.45, 2.75) is 4.90 Å². The van der Waals surface area contributed by atoms with Crippen molar-refractivity contribution in [3.63, 3.8) is 0 Å². The molecule has 7 nitrogen and oxygen atoms in total. The van der Waals surface area contributed by atoms with E-state index in [1.807, 2.05) is 42.3 Å². The quantitative estimate of drug-likeness (QED) is 0.716. The van der Waals surface area contributed by atoms with E-state index in [9.17, 15) is 8.42 Å². The number of sulfonamides is 1. The smallest absolute Gasteiger partial charge is 0.245 e. The van der Waals surface area contributed by atoms with Crippen molar-refractivity contribution in [1.29, 1.82) is 0 Å². The van der Waals surface area contributed by atoms with Gasteiger partial charge in [0.25, 0.3) is 0 Å². The molecule has 0 spiro atoms. The number of benzene rings is 1. The average Bonchev–Trinajstić information content (AvgIpc) is 2.86. The number of para-hydroxylation sites is 1. The molecule has 8 heteroatoms. The molecule has 0 atom stereocenters. The minimum absolute atomic E-state index is 0.0279. The highest BCUT2D eigenvalue weighted by Crippen LogP contribution is 2.13. The van der Waals surface area contributed by atoms with Crippen molar-refractivity contribution in [3.05, 3.63) is 36.5 Å². The van der Waals surface area contributed by atoms with Gasteiger partial charge in [-0.1, -0.05) is 18.2 Å². The monoisotopic (exact) mass is 295 g/mol. The van der Waals surface area contributed by atoms with E-state index in [4.69, 9.17) is 5.73 Å². The zero-order valence-corrected chi connectivity index (χ0v) is 11.9. The van der Waals surface area contributed by atoms with Crippen LogP contribution in [0.5, 0.6) is 0 Å². The van der Waals surface area contributed by atoms with Crippen LogP contribution < -0.4 is 15.4 Å². The Morgan fingerprint density at radius 2 is 2.05 bits per heavy atom. The zero-order chi connectivity index (χ0) is 14.6. The summed E-state index contributed by atoms with van der Waals surface area (Å²) in [5.41, 5.74) is 6.52. The fraction of sp³-hybridized carbons (Fsp3) is 0.250. The predicted octanol–water partition coefficient (Wildman–Crippen LogP) is 0.407. The van der Waals surface area contributed by atoms with Crippen molar-refractivity contribution < 1.29 is 8.42 Å². The third-order valence-corrected chi connectivity index (χ3v) is 4.35. The van der Waals surface area contributed by atoms with Crippen molar-refractivity contribution in [2.75, 3.05) is 30.8 Å². The lowest BCUT2D eigenvalue weighted by molar-refractivity contribution is 0.582. The van der Waals surface area contributed by atoms with Gasteiger partial charge in [0.15, 0.2) is 0 Å². The van der Waals surface area contributed by atoms with Gasteiger partial charge in [-0.25, -0.2) is 13.1 Å². The summed E-state index contributed by atoms with van der Waals surface area (Å²) in [4.78, 5) is 1.93. The number of likely N-dealkylation sites (N-methyl/N-ethyl adjacent to an activating group) is 1. The molecule has 0 saturated carbocycles. The molecule has 1 aromatic carbocycles. The van der Waals surface area contributed by atoms with E-state index >= 15 is 0 Å². The minimum atomic E-state index is -3.62. The van der Waals surface area contributed by atoms with Gasteiger partial charge in [0.05, 0.1) is 6.20 Å². The highest BCUT2D eigenvalue weighted by Gasteiger charge is 2.18. The number of rotatable bonds is 6. The second kappa shape index (κ2) is 5.93. The van der Waals surface area contributed by atoms with Gasteiger partial charge in [0.1, 0.15) is 10.7 Å². The number of nitrogens with zero attached hydrogens (tertiary/aromatic N) is 2. The second-order valence-corrected chi connectivity index (χ2v) is 6.04. The van der Waals surface area contributed by atoms with Crippen molar-refractivity contribution in [2.24, 2.45) is 0 Å². The van der Waals surface area contributed by atoms with Crippen molar-refractivity contribution in [1.82, 2.24) is 14.9 Å². The molecule has 0 radical (unpaired) electrons. The standard InChI is InChI=1S/C12H17N5O2S/c1-17(10-5-3-2-4-6-10)8-7-15-20(18,19)11-9-14-16-12(11)13/h2-6,9,15H,7-8H2,1H3,(H3,13,14,16). The number of hydrogen-bond acceptors (Lipinski definition) is 5. The fourth-order valence-corrected chi connectivity index (χ4v) is 2.78. The van der Waals surface area contributed by atoms with E-state index in [0.717, 1.165) is 5.69 Å². The van der Waals surface area contributed by atoms with Crippen LogP contribution in [0.15, 0.2) is 41.4 Å². The number of anilines is 2. The van der Waals surface area contributed by atoms with E-state index in [1.54, 1.807) is 0 Å². The first-order valence-electron chi connectivity index (χ1n) is 6.05. The van der Waals surface area contributed by atoms with Crippen LogP contribution in [0.1, 0.15) is 0 Å². The Morgan fingerprint density at radius 3 is 2.65 bits per heavy atom. The molecule has 0 aliphatic carbocycles. The Labute approximate surface area is 117 Å². The summed E-state index contributed by atoms with van der Waals surface area (Å²) >= 11 is 0. The summed E-state index contributed by atoms with van der Waals surface area (Å²) in [5.74, 6) is 0.0360. The molecule has 0 amide bonds. The van der Waals surface area contributed by atoms with Crippen LogP contribution in [0.3, 0.4) is 0 Å². The Balaban J connectivity index is 1.92. The molecule has 20 heavy (non-hydrogen) atoms. The largest absolute Gasteiger partial charge is 0.383 e. The van der Waals surface area contributed by atoms with E-state index in [-0.39, 0.29) is 17.3 Å². The Hall–Kier alpha value is -2.06. The van der Waals surface area contributed by atoms with Gasteiger partial charge in [0.2, 0.25) is 10.0 Å². The van der Waals surface area contributed by atoms with E-state index in [1.165, 1.54) is 6.20 Å². The second-order valence-electron chi connectivity index (χ2n) is 4.30. The van der Waals surface area contributed by atoms with Gasteiger partial charge in [-0.3, -0.25) is 5.10 Å². The molecule has 2 aromatic rings. The maximum atomic E-state index is 12.0. The predicted molar refractivity (Wildman–Crippen MR) is 77.9 cm³/mol. The van der Waals surface area contributed by atoms with Crippen LogP contribution in [0, 0.1) is 0 Å². The lowest BCUT2D eigenvalue weighted by Gasteiger charge is -2.19. The van der Waals surface area contributed by atoms with Gasteiger partial charge in [-0.05, 0) is 12.1 Å². The van der Waals surface area contributed by atoms with E-state index < -0.39 is 10.0 Å². The number of hydrogen-bond donors (Lipinski definition) is 3. The maximum absolute atomic E-state index is 12.0. The lowest BCUT2D eigenvalue weighted by atomic mass is 10.3. The van der Waals surface area contributed by atoms with Crippen LogP contribution in [-0.2, 0) is 10.0 Å². The summed E-state index contributed by atoms with van der Waals surface area (Å²) in [5, 5.41) is 6.00. The van der Waals surface area contributed by atoms with Crippen LogP contribution in [-0.4, -0.2) is 38.8 Å². The van der Waals surface area contributed by atoms with Gasteiger partial charge in [0, 0.05) is 25.8 Å². The Morgan fingerprint density at radius 1 is 1.35 bits per heavy atom. The molecule has 4 N–H and O–H groups in total. The minimum Gasteiger partial charge on any atom is -0.383 e. The molecule has 0 saturated heterocycles. The fourth-order valence-electron chi connectivity index (χ4n) is 1.74. The topological polar surface area (TPSA) is 104 Å². The Bertz CT molecular complexity index is 653. The zero-order valence-electron chi connectivity index (χ0n) is 11.1. The first kappa shape index (κ1) is 14.4. The van der Waals surface area contributed by atoms with Crippen molar-refractivity contribution >= 4 is 21.5 Å². The van der Waals surface area contributed by atoms with Crippen molar-refractivity contribution in [3.8, 4) is 0 Å². The van der Waals surface area contributed by atoms with Gasteiger partial charge in [-0.15, -0.1) is 0 Å². The van der Waals surface area contributed by atoms with Gasteiger partial charge in [-0.2, -0.15) is 5.10 Å². The molecule has 0 aliphatic rings. The first-order valence-corrected chi connectivity index (χ1v) is 7.54. The summed E-state index contributed by atoms with van der Waals surface area (Å²) < 4.78 is 26.4. The number of nitrogen functional groups attached to an aromatic ring is 1. The number of aromatic nitrogens is 2. The number of aromatic amines is 1. The molecular weight excluding hydrogens is 278 g/mol. The molecule has 0 bridgehead atoms. The molecular formula is C12H17N5O2S. The number of nitrogens with two attached hydrogens (primary N) is 1. The third kappa shape index (κ3) is 3.28. The highest BCUT2D eigenvalue weighted by atomic mass is 32.2. The first-order chi connectivity index (χ1) is 9.50. The van der Waals surface area contributed by atoms with Crippen LogP contribution in [0.4, 0.5) is 11.5 Å². The Kier molecular flexibility index (Phi) is 4.26. The molecule has 1 heterocycles. The molecule has 108 valence electrons. The normalized spacial score (nSPS) is 11.4. The summed E-state index contributed by atoms with van der Waals surface area (Å²) in [6.45, 7) is 0.819. The average molecular weight is 295 g/mol. The maximum Gasteiger partial charge on any atom is 0.245 e. The van der Waals surface area contributed by atoms with Crippen LogP contribution in [0.2, 0.25) is 0 Å². The molecule has 0 fully saturated rings. The molecule has 0 aliphatic heterocycles. The molecule has 0 unspecified atom stereocenters. The van der Waals surface area contributed by atoms with Crippen LogP contribution >= 0.6 is 0 Å². The number of H-pyrrole nitrogens is 1. The molecule has 1 aromatic heterocycles. The van der Waals surface area contributed by atoms with E-state index in [0.29, 0.717) is 6.54 Å². The SMILES string of the molecule is CN(CCNS(=O)(=O)c1cn[nH]c1N)c1ccccc1. The number of nitrogens with one attached hydrogen (secondary N) is 2. The van der Waals surface area contributed by atoms with E-state index in [2.05, 4.69) is 14.9 Å².